The average Bonchev–Trinajstić information content (AvgIpc) is 2.55. The van der Waals surface area contributed by atoms with Crippen molar-refractivity contribution < 1.29 is 18.3 Å². The molecule has 134 valence electrons. The molecule has 0 radical (unpaired) electrons. The number of nitrogens with zero attached hydrogens (tertiary/aromatic N) is 2. The molecule has 7 nitrogen and oxygen atoms in total. The summed E-state index contributed by atoms with van der Waals surface area (Å²) in [5.41, 5.74) is 0. The summed E-state index contributed by atoms with van der Waals surface area (Å²) in [4.78, 5) is 15.5. The molecule has 1 aromatic heterocycles. The van der Waals surface area contributed by atoms with Crippen LogP contribution in [0.25, 0.3) is 0 Å². The van der Waals surface area contributed by atoms with Crippen LogP contribution in [0.4, 0.5) is 5.82 Å². The van der Waals surface area contributed by atoms with Gasteiger partial charge in [-0.3, -0.25) is 0 Å². The van der Waals surface area contributed by atoms with Gasteiger partial charge in [0.25, 0.3) is 0 Å². The van der Waals surface area contributed by atoms with E-state index in [0.29, 0.717) is 25.3 Å². The van der Waals surface area contributed by atoms with Crippen LogP contribution < -0.4 is 5.32 Å². The third-order valence-corrected chi connectivity index (χ3v) is 5.90. The summed E-state index contributed by atoms with van der Waals surface area (Å²) in [6.07, 6.45) is 4.56. The second-order valence-corrected chi connectivity index (χ2v) is 8.45. The first kappa shape index (κ1) is 18.7. The first-order chi connectivity index (χ1) is 11.3. The van der Waals surface area contributed by atoms with Crippen molar-refractivity contribution in [3.63, 3.8) is 0 Å². The highest BCUT2D eigenvalue weighted by Crippen LogP contribution is 2.21. The molecule has 1 atom stereocenters. The number of carbonyl (C=O) groups is 1. The Morgan fingerprint density at radius 3 is 2.46 bits per heavy atom. The maximum atomic E-state index is 12.5. The van der Waals surface area contributed by atoms with Gasteiger partial charge >= 0.3 is 5.97 Å². The lowest BCUT2D eigenvalue weighted by Crippen LogP contribution is -2.35. The van der Waals surface area contributed by atoms with Crippen LogP contribution >= 0.6 is 0 Å². The zero-order valence-corrected chi connectivity index (χ0v) is 14.9. The van der Waals surface area contributed by atoms with E-state index in [1.807, 2.05) is 13.8 Å². The predicted molar refractivity (Wildman–Crippen MR) is 91.3 cm³/mol. The number of aromatic nitrogens is 1. The number of aliphatic carboxylic acids is 1. The van der Waals surface area contributed by atoms with E-state index in [1.165, 1.54) is 22.6 Å². The number of nitrogens with one attached hydrogen (secondary N) is 1. The summed E-state index contributed by atoms with van der Waals surface area (Å²) < 4.78 is 26.6. The van der Waals surface area contributed by atoms with Gasteiger partial charge in [0.05, 0.1) is 0 Å². The van der Waals surface area contributed by atoms with Crippen LogP contribution in [0.3, 0.4) is 0 Å². The molecule has 2 heterocycles. The summed E-state index contributed by atoms with van der Waals surface area (Å²) in [5, 5.41) is 12.1. The Morgan fingerprint density at radius 2 is 1.96 bits per heavy atom. The minimum atomic E-state index is -3.52. The largest absolute Gasteiger partial charge is 0.480 e. The first-order valence-electron chi connectivity index (χ1n) is 8.26. The molecule has 24 heavy (non-hydrogen) atoms. The number of piperidine rings is 1. The molecule has 2 rings (SSSR count). The van der Waals surface area contributed by atoms with E-state index in [1.54, 1.807) is 0 Å². The highest BCUT2D eigenvalue weighted by Gasteiger charge is 2.26. The van der Waals surface area contributed by atoms with Crippen LogP contribution in [0.2, 0.25) is 0 Å². The second-order valence-electron chi connectivity index (χ2n) is 6.51. The standard InChI is InChI=1S/C16H25N3O4S/c1-12(2)10-14(16(20)21)18-15-7-6-13(11-17-15)24(22,23)19-8-4-3-5-9-19/h6-7,11-12,14H,3-5,8-10H2,1-2H3,(H,17,18)(H,20,21). The van der Waals surface area contributed by atoms with Crippen LogP contribution in [-0.2, 0) is 14.8 Å². The topological polar surface area (TPSA) is 99.6 Å². The Hall–Kier alpha value is -1.67. The van der Waals surface area contributed by atoms with Crippen LogP contribution in [0.5, 0.6) is 0 Å². The number of carboxylic acids is 1. The van der Waals surface area contributed by atoms with Gasteiger partial charge in [-0.25, -0.2) is 18.2 Å². The summed E-state index contributed by atoms with van der Waals surface area (Å²) in [5.74, 6) is -0.367. The van der Waals surface area contributed by atoms with Gasteiger partial charge in [-0.2, -0.15) is 4.31 Å². The van der Waals surface area contributed by atoms with E-state index in [-0.39, 0.29) is 10.8 Å². The lowest BCUT2D eigenvalue weighted by atomic mass is 10.0. The van der Waals surface area contributed by atoms with E-state index in [9.17, 15) is 18.3 Å². The van der Waals surface area contributed by atoms with E-state index < -0.39 is 22.0 Å². The van der Waals surface area contributed by atoms with Crippen molar-refractivity contribution in [2.45, 2.75) is 50.5 Å². The van der Waals surface area contributed by atoms with E-state index in [0.717, 1.165) is 19.3 Å². The van der Waals surface area contributed by atoms with Gasteiger partial charge in [-0.05, 0) is 37.3 Å². The van der Waals surface area contributed by atoms with Crippen LogP contribution in [-0.4, -0.2) is 47.9 Å². The van der Waals surface area contributed by atoms with Gasteiger partial charge in [0.2, 0.25) is 10.0 Å². The highest BCUT2D eigenvalue weighted by molar-refractivity contribution is 7.89. The number of pyridine rings is 1. The fraction of sp³-hybridized carbons (Fsp3) is 0.625. The molecule has 0 aromatic carbocycles. The van der Waals surface area contributed by atoms with Crippen molar-refractivity contribution in [1.82, 2.24) is 9.29 Å². The molecule has 0 amide bonds. The fourth-order valence-electron chi connectivity index (χ4n) is 2.74. The summed E-state index contributed by atoms with van der Waals surface area (Å²) in [6, 6.07) is 2.25. The van der Waals surface area contributed by atoms with Gasteiger partial charge in [0.15, 0.2) is 0 Å². The van der Waals surface area contributed by atoms with Gasteiger partial charge in [0, 0.05) is 19.3 Å². The van der Waals surface area contributed by atoms with Crippen LogP contribution in [0.15, 0.2) is 23.2 Å². The third-order valence-electron chi connectivity index (χ3n) is 4.02. The Balaban J connectivity index is 2.10. The average molecular weight is 355 g/mol. The van der Waals surface area contributed by atoms with Gasteiger partial charge in [-0.15, -0.1) is 0 Å². The van der Waals surface area contributed by atoms with Crippen molar-refractivity contribution in [1.29, 1.82) is 0 Å². The summed E-state index contributed by atoms with van der Waals surface area (Å²) >= 11 is 0. The number of sulfonamides is 1. The number of hydrogen-bond acceptors (Lipinski definition) is 5. The van der Waals surface area contributed by atoms with Crippen LogP contribution in [0.1, 0.15) is 39.5 Å². The van der Waals surface area contributed by atoms with Gasteiger partial charge in [-0.1, -0.05) is 20.3 Å². The van der Waals surface area contributed by atoms with Crippen molar-refractivity contribution in [2.75, 3.05) is 18.4 Å². The molecule has 0 spiro atoms. The molecule has 0 bridgehead atoms. The fourth-order valence-corrected chi connectivity index (χ4v) is 4.21. The van der Waals surface area contributed by atoms with Crippen LogP contribution in [0, 0.1) is 5.92 Å². The monoisotopic (exact) mass is 355 g/mol. The molecular formula is C16H25N3O4S. The van der Waals surface area contributed by atoms with Crippen molar-refractivity contribution in [3.05, 3.63) is 18.3 Å². The molecule has 0 saturated carbocycles. The Labute approximate surface area is 143 Å². The lowest BCUT2D eigenvalue weighted by Gasteiger charge is -2.25. The molecule has 1 saturated heterocycles. The Morgan fingerprint density at radius 1 is 1.29 bits per heavy atom. The molecule has 8 heteroatoms. The Kier molecular flexibility index (Phi) is 6.17. The molecule has 2 N–H and O–H groups in total. The zero-order chi connectivity index (χ0) is 17.7. The number of anilines is 1. The summed E-state index contributed by atoms with van der Waals surface area (Å²) in [6.45, 7) is 4.97. The van der Waals surface area contributed by atoms with Crippen molar-refractivity contribution >= 4 is 21.8 Å². The quantitative estimate of drug-likeness (QED) is 0.777. The van der Waals surface area contributed by atoms with E-state index in [4.69, 9.17) is 0 Å². The maximum Gasteiger partial charge on any atom is 0.326 e. The molecule has 1 aliphatic rings. The first-order valence-corrected chi connectivity index (χ1v) is 9.70. The van der Waals surface area contributed by atoms with Gasteiger partial charge in [0.1, 0.15) is 16.8 Å². The minimum absolute atomic E-state index is 0.144. The number of rotatable bonds is 7. The predicted octanol–water partition coefficient (Wildman–Crippen LogP) is 2.17. The number of hydrogen-bond donors (Lipinski definition) is 2. The number of carboxylic acid groups (broad SMARTS) is 1. The van der Waals surface area contributed by atoms with E-state index in [2.05, 4.69) is 10.3 Å². The second kappa shape index (κ2) is 7.94. The van der Waals surface area contributed by atoms with Crippen molar-refractivity contribution in [3.8, 4) is 0 Å². The maximum absolute atomic E-state index is 12.5. The molecule has 1 fully saturated rings. The summed E-state index contributed by atoms with van der Waals surface area (Å²) in [7, 11) is -3.52. The molecular weight excluding hydrogens is 330 g/mol. The normalized spacial score (nSPS) is 17.6. The molecule has 0 aliphatic carbocycles. The molecule has 1 aliphatic heterocycles. The Bertz CT molecular complexity index is 652. The smallest absolute Gasteiger partial charge is 0.326 e. The lowest BCUT2D eigenvalue weighted by molar-refractivity contribution is -0.138. The van der Waals surface area contributed by atoms with Crippen molar-refractivity contribution in [2.24, 2.45) is 5.92 Å². The molecule has 1 unspecified atom stereocenters. The minimum Gasteiger partial charge on any atom is -0.480 e. The van der Waals surface area contributed by atoms with Gasteiger partial charge < -0.3 is 10.4 Å². The molecule has 1 aromatic rings. The SMILES string of the molecule is CC(C)CC(Nc1ccc(S(=O)(=O)N2CCCCC2)cn1)C(=O)O. The third kappa shape index (κ3) is 4.67. The van der Waals surface area contributed by atoms with E-state index >= 15 is 0 Å². The zero-order valence-electron chi connectivity index (χ0n) is 14.1. The highest BCUT2D eigenvalue weighted by atomic mass is 32.2.